The van der Waals surface area contributed by atoms with Crippen LogP contribution in [0.5, 0.6) is 0 Å². The van der Waals surface area contributed by atoms with Crippen molar-refractivity contribution in [2.24, 2.45) is 0 Å². The molecule has 36 valence electrons. The third-order valence-corrected chi connectivity index (χ3v) is 0. The Kier molecular flexibility index (Phi) is 51.8. The van der Waals surface area contributed by atoms with Gasteiger partial charge in [0.15, 0.2) is 17.4 Å². The predicted octanol–water partition coefficient (Wildman–Crippen LogP) is -3.39. The first kappa shape index (κ1) is 23.2. The Morgan fingerprint density at radius 1 is 1.14 bits per heavy atom. The second-order valence-corrected chi connectivity index (χ2v) is 0.346. The molecule has 0 rings (SSSR count). The van der Waals surface area contributed by atoms with Gasteiger partial charge in [0.05, 0.1) is 0 Å². The second kappa shape index (κ2) is 15.7. The van der Waals surface area contributed by atoms with Gasteiger partial charge in [0.2, 0.25) is 0 Å². The molecule has 0 saturated heterocycles. The van der Waals surface area contributed by atoms with Crippen molar-refractivity contribution in [3.8, 4) is 0 Å². The Hall–Kier alpha value is 1.87. The summed E-state index contributed by atoms with van der Waals surface area (Å²) in [7, 11) is -2.17. The fraction of sp³-hybridized carbons (Fsp3) is 0. The fourth-order valence-electron chi connectivity index (χ4n) is 0. The smallest absolute Gasteiger partial charge is 1.00 e. The molecule has 0 aromatic heterocycles. The van der Waals surface area contributed by atoms with Crippen molar-refractivity contribution in [3.63, 3.8) is 0 Å². The van der Waals surface area contributed by atoms with Gasteiger partial charge in [-0.3, -0.25) is 0 Å². The van der Waals surface area contributed by atoms with Gasteiger partial charge in [-0.1, -0.05) is 0 Å². The van der Waals surface area contributed by atoms with E-state index >= 15 is 0 Å². The van der Waals surface area contributed by atoms with Crippen LogP contribution in [0.4, 0.5) is 0 Å². The first-order valence-electron chi connectivity index (χ1n) is 0.775. The van der Waals surface area contributed by atoms with Crippen LogP contribution < -0.4 is 0 Å². The zero-order chi connectivity index (χ0) is 3.58. The fourth-order valence-corrected chi connectivity index (χ4v) is 0. The van der Waals surface area contributed by atoms with Crippen molar-refractivity contribution in [2.45, 2.75) is 0 Å². The molecule has 0 aliphatic heterocycles. The molecule has 0 spiro atoms. The van der Waals surface area contributed by atoms with Crippen LogP contribution in [0.2, 0.25) is 0 Å². The average Bonchev–Trinajstić information content (AvgIpc) is 0.811. The first-order valence-corrected chi connectivity index (χ1v) is 0.775. The van der Waals surface area contributed by atoms with Crippen LogP contribution in [0.1, 0.15) is 2.85 Å². The summed E-state index contributed by atoms with van der Waals surface area (Å²) in [5.74, 6) is 0. The molecular formula is H8AlBMgO3Zn. The van der Waals surface area contributed by atoms with Gasteiger partial charge in [-0.05, 0) is 0 Å². The van der Waals surface area contributed by atoms with Crippen molar-refractivity contribution < 1.29 is 37.4 Å². The number of hydrogen-bond acceptors (Lipinski definition) is 3. The largest absolute Gasteiger partial charge is 2.00 e. The topological polar surface area (TPSA) is 60.7 Å². The summed E-state index contributed by atoms with van der Waals surface area (Å²) in [5.41, 5.74) is 0. The SMILES string of the molecule is OB(O)O.[AlH3].[H-].[H-].[Mg+2].[Zn]. The number of rotatable bonds is 0. The van der Waals surface area contributed by atoms with Crippen molar-refractivity contribution in [1.82, 2.24) is 0 Å². The molecule has 0 unspecified atom stereocenters. The maximum atomic E-state index is 7.17. The van der Waals surface area contributed by atoms with Crippen molar-refractivity contribution in [1.29, 1.82) is 0 Å². The molecule has 0 aliphatic rings. The Morgan fingerprint density at radius 3 is 1.14 bits per heavy atom. The van der Waals surface area contributed by atoms with Gasteiger partial charge in [-0.25, -0.2) is 0 Å². The summed E-state index contributed by atoms with van der Waals surface area (Å²) in [6.45, 7) is 0. The zero-order valence-corrected chi connectivity index (χ0v) is 7.71. The predicted molar refractivity (Wildman–Crippen MR) is 30.3 cm³/mol. The molecule has 0 aromatic carbocycles. The van der Waals surface area contributed by atoms with Crippen LogP contribution in [-0.4, -0.2) is 62.8 Å². The van der Waals surface area contributed by atoms with Gasteiger partial charge in [-0.15, -0.1) is 0 Å². The summed E-state index contributed by atoms with van der Waals surface area (Å²) < 4.78 is 0. The van der Waals surface area contributed by atoms with E-state index in [1.165, 1.54) is 0 Å². The molecule has 7 heteroatoms. The summed E-state index contributed by atoms with van der Waals surface area (Å²) in [6, 6.07) is 0. The van der Waals surface area contributed by atoms with Crippen LogP contribution in [0.15, 0.2) is 0 Å². The van der Waals surface area contributed by atoms with Crippen LogP contribution >= 0.6 is 0 Å². The van der Waals surface area contributed by atoms with E-state index in [9.17, 15) is 0 Å². The monoisotopic (exact) mass is 182 g/mol. The minimum absolute atomic E-state index is 0. The molecule has 0 aliphatic carbocycles. The van der Waals surface area contributed by atoms with Crippen LogP contribution in [0, 0.1) is 0 Å². The van der Waals surface area contributed by atoms with E-state index in [-0.39, 0.29) is 62.7 Å². The molecule has 0 saturated carbocycles. The standard InChI is InChI=1S/Al.BH3O3.Mg.Zn.5H/c;2-1(3)4;;;;;;;/h;2-4H;;;;;;;/q;;+2;;;;;2*-1. The van der Waals surface area contributed by atoms with Gasteiger partial charge in [0.25, 0.3) is 0 Å². The Balaban J connectivity index is -0.00000000450. The van der Waals surface area contributed by atoms with Crippen LogP contribution in [0.25, 0.3) is 0 Å². The van der Waals surface area contributed by atoms with Crippen molar-refractivity contribution in [3.05, 3.63) is 0 Å². The molecule has 0 bridgehead atoms. The van der Waals surface area contributed by atoms with E-state index in [1.54, 1.807) is 0 Å². The summed E-state index contributed by atoms with van der Waals surface area (Å²) >= 11 is 0. The maximum Gasteiger partial charge on any atom is 2.00 e. The van der Waals surface area contributed by atoms with E-state index < -0.39 is 7.32 Å². The maximum absolute atomic E-state index is 7.17. The molecule has 3 N–H and O–H groups in total. The Bertz CT molecular complexity index is 26.5. The summed E-state index contributed by atoms with van der Waals surface area (Å²) in [6.07, 6.45) is 0. The van der Waals surface area contributed by atoms with E-state index in [4.69, 9.17) is 15.1 Å². The third-order valence-electron chi connectivity index (χ3n) is 0. The molecule has 3 nitrogen and oxygen atoms in total. The zero-order valence-electron chi connectivity index (χ0n) is 5.33. The molecule has 0 radical (unpaired) electrons. The molecule has 7 heavy (non-hydrogen) atoms. The van der Waals surface area contributed by atoms with Gasteiger partial charge >= 0.3 is 30.4 Å². The van der Waals surface area contributed by atoms with E-state index in [0.29, 0.717) is 0 Å². The second-order valence-electron chi connectivity index (χ2n) is 0.346. The molecule has 0 fully saturated rings. The van der Waals surface area contributed by atoms with E-state index in [0.717, 1.165) is 0 Å². The normalized spacial score (nSPS) is 3.86. The van der Waals surface area contributed by atoms with Crippen LogP contribution in [0.3, 0.4) is 0 Å². The molecule has 0 atom stereocenters. The van der Waals surface area contributed by atoms with Gasteiger partial charge in [0.1, 0.15) is 0 Å². The van der Waals surface area contributed by atoms with E-state index in [2.05, 4.69) is 0 Å². The quantitative estimate of drug-likeness (QED) is 0.343. The van der Waals surface area contributed by atoms with Gasteiger partial charge < -0.3 is 17.9 Å². The molecule has 0 amide bonds. The minimum Gasteiger partial charge on any atom is -1.00 e. The summed E-state index contributed by atoms with van der Waals surface area (Å²) in [4.78, 5) is 0. The number of hydrogen-bond donors (Lipinski definition) is 3. The average molecular weight is 184 g/mol. The van der Waals surface area contributed by atoms with E-state index in [1.807, 2.05) is 0 Å². The van der Waals surface area contributed by atoms with Crippen LogP contribution in [-0.2, 0) is 19.5 Å². The molecule has 0 aromatic rings. The van der Waals surface area contributed by atoms with Crippen molar-refractivity contribution >= 4 is 47.7 Å². The molecule has 0 heterocycles. The van der Waals surface area contributed by atoms with Crippen molar-refractivity contribution in [2.75, 3.05) is 0 Å². The third kappa shape index (κ3) is 77.7. The summed E-state index contributed by atoms with van der Waals surface area (Å²) in [5, 5.41) is 21.5. The Morgan fingerprint density at radius 2 is 1.14 bits per heavy atom. The minimum atomic E-state index is -2.17. The van der Waals surface area contributed by atoms with Gasteiger partial charge in [-0.2, -0.15) is 0 Å². The first-order chi connectivity index (χ1) is 1.73. The Labute approximate surface area is 84.7 Å². The molecular weight excluding hydrogens is 175 g/mol. The van der Waals surface area contributed by atoms with Gasteiger partial charge in [0, 0.05) is 19.5 Å².